The Labute approximate surface area is 181 Å². The smallest absolute Gasteiger partial charge is 0.191 e. The molecule has 0 saturated carbocycles. The summed E-state index contributed by atoms with van der Waals surface area (Å²) in [5, 5.41) is 6.44. The average Bonchev–Trinajstić information content (AvgIpc) is 3.30. The standard InChI is InChI=1S/C23H27FN4O3/c1-2-26-23(27-11-5-12-29-17-20-7-4-13-30-20)28-15-18-8-9-22(21(24)14-18)31-19-6-3-10-25-16-19/h3-4,6-10,13-14,16H,2,5,11-12,15,17H2,1H3,(H2,26,27,28). The number of pyridine rings is 1. The van der Waals surface area contributed by atoms with Crippen molar-refractivity contribution >= 4 is 5.96 Å². The maximum absolute atomic E-state index is 14.4. The number of hydrogen-bond donors (Lipinski definition) is 2. The topological polar surface area (TPSA) is 80.9 Å². The minimum Gasteiger partial charge on any atom is -0.467 e. The van der Waals surface area contributed by atoms with Crippen molar-refractivity contribution in [3.05, 3.63) is 78.3 Å². The summed E-state index contributed by atoms with van der Waals surface area (Å²) in [5.74, 6) is 1.68. The summed E-state index contributed by atoms with van der Waals surface area (Å²) in [6.07, 6.45) is 5.62. The van der Waals surface area contributed by atoms with Crippen molar-refractivity contribution in [3.8, 4) is 11.5 Å². The molecule has 0 aliphatic heterocycles. The summed E-state index contributed by atoms with van der Waals surface area (Å²) in [5.41, 5.74) is 0.745. The summed E-state index contributed by atoms with van der Waals surface area (Å²) in [6, 6.07) is 12.0. The van der Waals surface area contributed by atoms with Crippen molar-refractivity contribution in [3.63, 3.8) is 0 Å². The van der Waals surface area contributed by atoms with Crippen molar-refractivity contribution in [1.82, 2.24) is 15.6 Å². The van der Waals surface area contributed by atoms with E-state index in [-0.39, 0.29) is 5.75 Å². The van der Waals surface area contributed by atoms with E-state index in [9.17, 15) is 4.39 Å². The molecule has 0 amide bonds. The second kappa shape index (κ2) is 12.3. The van der Waals surface area contributed by atoms with E-state index in [0.717, 1.165) is 24.3 Å². The first-order chi connectivity index (χ1) is 15.2. The molecular formula is C23H27FN4O3. The molecule has 3 rings (SSSR count). The highest BCUT2D eigenvalue weighted by Crippen LogP contribution is 2.24. The molecule has 164 valence electrons. The molecule has 0 aliphatic rings. The molecule has 3 aromatic rings. The molecule has 0 unspecified atom stereocenters. The van der Waals surface area contributed by atoms with Gasteiger partial charge >= 0.3 is 0 Å². The van der Waals surface area contributed by atoms with Gasteiger partial charge in [0.2, 0.25) is 0 Å². The highest BCUT2D eigenvalue weighted by molar-refractivity contribution is 5.79. The molecular weight excluding hydrogens is 399 g/mol. The highest BCUT2D eigenvalue weighted by atomic mass is 19.1. The zero-order valence-electron chi connectivity index (χ0n) is 17.5. The van der Waals surface area contributed by atoms with Crippen LogP contribution in [0.25, 0.3) is 0 Å². The van der Waals surface area contributed by atoms with Crippen molar-refractivity contribution in [2.75, 3.05) is 19.7 Å². The van der Waals surface area contributed by atoms with E-state index >= 15 is 0 Å². The van der Waals surface area contributed by atoms with Crippen LogP contribution in [-0.4, -0.2) is 30.6 Å². The summed E-state index contributed by atoms with van der Waals surface area (Å²) in [4.78, 5) is 8.47. The van der Waals surface area contributed by atoms with Gasteiger partial charge in [-0.15, -0.1) is 0 Å². The van der Waals surface area contributed by atoms with E-state index < -0.39 is 5.82 Å². The van der Waals surface area contributed by atoms with Crippen LogP contribution < -0.4 is 15.4 Å². The molecule has 31 heavy (non-hydrogen) atoms. The van der Waals surface area contributed by atoms with Gasteiger partial charge in [-0.1, -0.05) is 6.07 Å². The lowest BCUT2D eigenvalue weighted by atomic mass is 10.2. The lowest BCUT2D eigenvalue weighted by Gasteiger charge is -2.12. The van der Waals surface area contributed by atoms with Gasteiger partial charge < -0.3 is 24.5 Å². The number of nitrogens with zero attached hydrogens (tertiary/aromatic N) is 2. The van der Waals surface area contributed by atoms with Crippen molar-refractivity contribution < 1.29 is 18.3 Å². The largest absolute Gasteiger partial charge is 0.467 e. The molecule has 1 aromatic carbocycles. The van der Waals surface area contributed by atoms with Crippen LogP contribution in [0.4, 0.5) is 4.39 Å². The maximum atomic E-state index is 14.4. The Hall–Kier alpha value is -3.39. The number of rotatable bonds is 11. The Morgan fingerprint density at radius 2 is 2.13 bits per heavy atom. The van der Waals surface area contributed by atoms with Gasteiger partial charge in [0.05, 0.1) is 19.0 Å². The average molecular weight is 426 g/mol. The second-order valence-electron chi connectivity index (χ2n) is 6.66. The maximum Gasteiger partial charge on any atom is 0.191 e. The fourth-order valence-corrected chi connectivity index (χ4v) is 2.72. The Kier molecular flexibility index (Phi) is 8.88. The van der Waals surface area contributed by atoms with E-state index in [1.165, 1.54) is 12.3 Å². The lowest BCUT2D eigenvalue weighted by molar-refractivity contribution is 0.105. The van der Waals surface area contributed by atoms with Crippen LogP contribution in [0.5, 0.6) is 11.5 Å². The summed E-state index contributed by atoms with van der Waals surface area (Å²) >= 11 is 0. The van der Waals surface area contributed by atoms with Crippen LogP contribution in [0.3, 0.4) is 0 Å². The van der Waals surface area contributed by atoms with E-state index in [0.29, 0.717) is 38.0 Å². The van der Waals surface area contributed by atoms with Crippen LogP contribution in [0.2, 0.25) is 0 Å². The molecule has 0 saturated heterocycles. The van der Waals surface area contributed by atoms with Crippen molar-refractivity contribution in [1.29, 1.82) is 0 Å². The van der Waals surface area contributed by atoms with Crippen LogP contribution in [0, 0.1) is 5.82 Å². The number of aromatic nitrogens is 1. The number of hydrogen-bond acceptors (Lipinski definition) is 5. The van der Waals surface area contributed by atoms with Crippen LogP contribution in [0.15, 0.2) is 70.5 Å². The van der Waals surface area contributed by atoms with E-state index in [1.54, 1.807) is 36.7 Å². The molecule has 0 aliphatic carbocycles. The van der Waals surface area contributed by atoms with Gasteiger partial charge in [0.15, 0.2) is 17.5 Å². The number of nitrogens with one attached hydrogen (secondary N) is 2. The minimum absolute atomic E-state index is 0.153. The third-order valence-corrected chi connectivity index (χ3v) is 4.20. The number of halogens is 1. The first-order valence-electron chi connectivity index (χ1n) is 10.2. The molecule has 0 fully saturated rings. The Bertz CT molecular complexity index is 933. The van der Waals surface area contributed by atoms with Gasteiger partial charge in [-0.05, 0) is 55.3 Å². The van der Waals surface area contributed by atoms with Gasteiger partial charge in [-0.2, -0.15) is 0 Å². The molecule has 7 nitrogen and oxygen atoms in total. The molecule has 8 heteroatoms. The normalized spacial score (nSPS) is 11.4. The van der Waals surface area contributed by atoms with Gasteiger partial charge in [0, 0.05) is 25.9 Å². The Morgan fingerprint density at radius 1 is 1.19 bits per heavy atom. The zero-order valence-corrected chi connectivity index (χ0v) is 17.5. The lowest BCUT2D eigenvalue weighted by Crippen LogP contribution is -2.38. The number of guanidine groups is 1. The summed E-state index contributed by atoms with van der Waals surface area (Å²) in [6.45, 7) is 4.84. The SMILES string of the molecule is CCNC(=NCc1ccc(Oc2cccnc2)c(F)c1)NCCCOCc1ccco1. The van der Waals surface area contributed by atoms with E-state index in [4.69, 9.17) is 13.9 Å². The number of benzene rings is 1. The molecule has 0 spiro atoms. The van der Waals surface area contributed by atoms with Gasteiger partial charge in [0.25, 0.3) is 0 Å². The molecule has 2 N–H and O–H groups in total. The zero-order chi connectivity index (χ0) is 21.7. The predicted octanol–water partition coefficient (Wildman–Crippen LogP) is 4.27. The first kappa shape index (κ1) is 22.3. The highest BCUT2D eigenvalue weighted by Gasteiger charge is 2.07. The Balaban J connectivity index is 1.44. The van der Waals surface area contributed by atoms with Crippen molar-refractivity contribution in [2.24, 2.45) is 4.99 Å². The number of ether oxygens (including phenoxy) is 2. The molecule has 0 bridgehead atoms. The fraction of sp³-hybridized carbons (Fsp3) is 0.304. The summed E-state index contributed by atoms with van der Waals surface area (Å²) in [7, 11) is 0. The van der Waals surface area contributed by atoms with Gasteiger partial charge in [-0.25, -0.2) is 9.38 Å². The monoisotopic (exact) mass is 426 g/mol. The van der Waals surface area contributed by atoms with Crippen molar-refractivity contribution in [2.45, 2.75) is 26.5 Å². The van der Waals surface area contributed by atoms with E-state index in [1.807, 2.05) is 19.1 Å². The predicted molar refractivity (Wildman–Crippen MR) is 117 cm³/mol. The molecule has 2 aromatic heterocycles. The second-order valence-corrected chi connectivity index (χ2v) is 6.66. The molecule has 0 radical (unpaired) electrons. The van der Waals surface area contributed by atoms with Gasteiger partial charge in [0.1, 0.15) is 18.1 Å². The first-order valence-corrected chi connectivity index (χ1v) is 10.2. The van der Waals surface area contributed by atoms with Crippen LogP contribution in [0.1, 0.15) is 24.7 Å². The Morgan fingerprint density at radius 3 is 2.87 bits per heavy atom. The van der Waals surface area contributed by atoms with E-state index in [2.05, 4.69) is 20.6 Å². The molecule has 2 heterocycles. The van der Waals surface area contributed by atoms with Gasteiger partial charge in [-0.3, -0.25) is 4.98 Å². The number of furan rings is 1. The quantitative estimate of drug-likeness (QED) is 0.271. The third-order valence-electron chi connectivity index (χ3n) is 4.20. The minimum atomic E-state index is -0.441. The van der Waals surface area contributed by atoms with Crippen LogP contribution >= 0.6 is 0 Å². The van der Waals surface area contributed by atoms with Crippen LogP contribution in [-0.2, 0) is 17.9 Å². The number of aliphatic imine (C=N–C) groups is 1. The fourth-order valence-electron chi connectivity index (χ4n) is 2.72. The molecule has 0 atom stereocenters. The summed E-state index contributed by atoms with van der Waals surface area (Å²) < 4.78 is 30.7. The third kappa shape index (κ3) is 7.75.